The number of nitrogens with zero attached hydrogens (tertiary/aromatic N) is 3. The highest BCUT2D eigenvalue weighted by Crippen LogP contribution is 2.46. The lowest BCUT2D eigenvalue weighted by Gasteiger charge is -2.32. The number of barbiturate groups is 1. The topological polar surface area (TPSA) is 60.9 Å². The summed E-state index contributed by atoms with van der Waals surface area (Å²) in [5.41, 5.74) is 3.59. The molecular weight excluding hydrogens is 390 g/mol. The molecule has 0 N–H and O–H groups in total. The van der Waals surface area contributed by atoms with Crippen molar-refractivity contribution in [3.8, 4) is 0 Å². The summed E-state index contributed by atoms with van der Waals surface area (Å²) >= 11 is 0. The predicted octanol–water partition coefficient (Wildman–Crippen LogP) is 4.17. The number of hydrogen-bond donors (Lipinski definition) is 0. The predicted molar refractivity (Wildman–Crippen MR) is 122 cm³/mol. The molecule has 1 saturated heterocycles. The van der Waals surface area contributed by atoms with Gasteiger partial charge in [-0.05, 0) is 37.6 Å². The fourth-order valence-electron chi connectivity index (χ4n) is 4.13. The molecule has 0 saturated carbocycles. The smallest absolute Gasteiger partial charge is 0.333 e. The largest absolute Gasteiger partial charge is 0.347 e. The minimum atomic E-state index is -0.558. The zero-order valence-electron chi connectivity index (χ0n) is 18.8. The lowest BCUT2D eigenvalue weighted by Crippen LogP contribution is -2.56. The first-order valence-corrected chi connectivity index (χ1v) is 10.5. The van der Waals surface area contributed by atoms with Crippen molar-refractivity contribution in [2.45, 2.75) is 33.1 Å². The molecule has 0 unspecified atom stereocenters. The van der Waals surface area contributed by atoms with Crippen LogP contribution in [0.5, 0.6) is 0 Å². The van der Waals surface area contributed by atoms with Crippen LogP contribution >= 0.6 is 0 Å². The SMILES string of the molecule is CCN1C(=O)C(=C/C=C/C=C/C=C2/N(C)c3ccccc3C2(C)C)C(=O)N(CC)C1=O. The van der Waals surface area contributed by atoms with Crippen LogP contribution in [0, 0.1) is 0 Å². The van der Waals surface area contributed by atoms with Crippen LogP contribution in [0.25, 0.3) is 0 Å². The second-order valence-electron chi connectivity index (χ2n) is 7.98. The molecule has 2 heterocycles. The Balaban J connectivity index is 1.76. The standard InChI is InChI=1S/C25H29N3O3/c1-6-27-22(29)18(23(30)28(7-2)24(27)31)14-10-8-9-11-17-21-25(3,4)19-15-12-13-16-20(19)26(21)5/h8-17H,6-7H2,1-5H3/b10-8+,11-9+,21-17+. The van der Waals surface area contributed by atoms with Crippen molar-refractivity contribution in [1.29, 1.82) is 0 Å². The fourth-order valence-corrected chi connectivity index (χ4v) is 4.13. The number of anilines is 1. The summed E-state index contributed by atoms with van der Waals surface area (Å²) in [6.07, 6.45) is 10.8. The number of likely N-dealkylation sites (N-methyl/N-ethyl adjacent to an activating group) is 3. The average molecular weight is 420 g/mol. The molecule has 31 heavy (non-hydrogen) atoms. The first-order chi connectivity index (χ1) is 14.8. The number of carbonyl (C=O) groups is 3. The second-order valence-corrected chi connectivity index (χ2v) is 7.98. The number of fused-ring (bicyclic) bond motifs is 1. The van der Waals surface area contributed by atoms with E-state index >= 15 is 0 Å². The van der Waals surface area contributed by atoms with Gasteiger partial charge in [-0.3, -0.25) is 19.4 Å². The van der Waals surface area contributed by atoms with E-state index < -0.39 is 17.8 Å². The molecule has 0 spiro atoms. The van der Waals surface area contributed by atoms with Crippen LogP contribution in [0.15, 0.2) is 72.0 Å². The van der Waals surface area contributed by atoms with Gasteiger partial charge in [0.1, 0.15) is 5.57 Å². The van der Waals surface area contributed by atoms with Gasteiger partial charge in [0, 0.05) is 36.9 Å². The van der Waals surface area contributed by atoms with Crippen LogP contribution in [0.3, 0.4) is 0 Å². The van der Waals surface area contributed by atoms with E-state index in [-0.39, 0.29) is 24.1 Å². The molecule has 0 radical (unpaired) electrons. The molecule has 3 rings (SSSR count). The molecule has 0 aromatic heterocycles. The third kappa shape index (κ3) is 3.85. The number of amides is 4. The Morgan fingerprint density at radius 1 is 0.839 bits per heavy atom. The Bertz CT molecular complexity index is 1000. The molecule has 2 aliphatic rings. The average Bonchev–Trinajstić information content (AvgIpc) is 2.93. The van der Waals surface area contributed by atoms with Gasteiger partial charge in [-0.25, -0.2) is 4.79 Å². The number of allylic oxidation sites excluding steroid dienone is 7. The quantitative estimate of drug-likeness (QED) is 0.408. The zero-order valence-corrected chi connectivity index (χ0v) is 18.8. The summed E-state index contributed by atoms with van der Waals surface area (Å²) in [6.45, 7) is 8.28. The summed E-state index contributed by atoms with van der Waals surface area (Å²) < 4.78 is 0. The molecule has 6 nitrogen and oxygen atoms in total. The molecule has 0 atom stereocenters. The number of benzene rings is 1. The van der Waals surface area contributed by atoms with Gasteiger partial charge in [0.15, 0.2) is 0 Å². The molecule has 0 bridgehead atoms. The Labute approximate surface area is 183 Å². The molecule has 0 aliphatic carbocycles. The van der Waals surface area contributed by atoms with Crippen LogP contribution in [-0.4, -0.2) is 47.8 Å². The third-order valence-electron chi connectivity index (χ3n) is 5.84. The van der Waals surface area contributed by atoms with Crippen molar-refractivity contribution in [3.05, 3.63) is 77.6 Å². The Hall–Kier alpha value is -3.41. The summed E-state index contributed by atoms with van der Waals surface area (Å²) in [4.78, 5) is 41.5. The highest BCUT2D eigenvalue weighted by atomic mass is 16.2. The van der Waals surface area contributed by atoms with E-state index in [4.69, 9.17) is 0 Å². The van der Waals surface area contributed by atoms with Crippen LogP contribution in [0.2, 0.25) is 0 Å². The van der Waals surface area contributed by atoms with Crippen LogP contribution in [0.4, 0.5) is 10.5 Å². The normalized spacial score (nSPS) is 20.0. The first-order valence-electron chi connectivity index (χ1n) is 10.5. The van der Waals surface area contributed by atoms with Gasteiger partial charge >= 0.3 is 6.03 Å². The van der Waals surface area contributed by atoms with Crippen LogP contribution < -0.4 is 4.90 Å². The summed E-state index contributed by atoms with van der Waals surface area (Å²) in [5.74, 6) is -1.10. The van der Waals surface area contributed by atoms with Crippen molar-refractivity contribution >= 4 is 23.5 Å². The summed E-state index contributed by atoms with van der Waals surface area (Å²) in [5, 5.41) is 0. The lowest BCUT2D eigenvalue weighted by atomic mass is 9.84. The summed E-state index contributed by atoms with van der Waals surface area (Å²) in [7, 11) is 2.06. The van der Waals surface area contributed by atoms with Gasteiger partial charge in [0.05, 0.1) is 0 Å². The Morgan fingerprint density at radius 3 is 1.94 bits per heavy atom. The minimum absolute atomic E-state index is 0.00147. The van der Waals surface area contributed by atoms with Gasteiger partial charge in [0.25, 0.3) is 11.8 Å². The van der Waals surface area contributed by atoms with Crippen molar-refractivity contribution in [1.82, 2.24) is 9.80 Å². The van der Waals surface area contributed by atoms with E-state index in [9.17, 15) is 14.4 Å². The zero-order chi connectivity index (χ0) is 22.8. The van der Waals surface area contributed by atoms with E-state index in [0.29, 0.717) is 0 Å². The molecule has 1 fully saturated rings. The van der Waals surface area contributed by atoms with Gasteiger partial charge in [0.2, 0.25) is 0 Å². The molecule has 2 aliphatic heterocycles. The number of carbonyl (C=O) groups excluding carboxylic acids is 3. The maximum atomic E-state index is 12.5. The van der Waals surface area contributed by atoms with Gasteiger partial charge in [-0.15, -0.1) is 0 Å². The fraction of sp³-hybridized carbons (Fsp3) is 0.320. The maximum absolute atomic E-state index is 12.5. The van der Waals surface area contributed by atoms with E-state index in [1.54, 1.807) is 26.0 Å². The molecule has 1 aromatic rings. The lowest BCUT2D eigenvalue weighted by molar-refractivity contribution is -0.135. The van der Waals surface area contributed by atoms with Gasteiger partial charge in [-0.2, -0.15) is 0 Å². The van der Waals surface area contributed by atoms with Crippen molar-refractivity contribution in [2.75, 3.05) is 25.0 Å². The summed E-state index contributed by atoms with van der Waals surface area (Å²) in [6, 6.07) is 7.82. The van der Waals surface area contributed by atoms with Crippen molar-refractivity contribution in [2.24, 2.45) is 0 Å². The molecule has 162 valence electrons. The van der Waals surface area contributed by atoms with Crippen LogP contribution in [-0.2, 0) is 15.0 Å². The molecule has 1 aromatic carbocycles. The highest BCUT2D eigenvalue weighted by Gasteiger charge is 2.40. The molecule has 6 heteroatoms. The van der Waals surface area contributed by atoms with E-state index in [0.717, 1.165) is 9.80 Å². The molecular formula is C25H29N3O3. The van der Waals surface area contributed by atoms with E-state index in [2.05, 4.69) is 50.1 Å². The van der Waals surface area contributed by atoms with Crippen LogP contribution in [0.1, 0.15) is 33.3 Å². The molecule has 4 amide bonds. The Kier molecular flexibility index (Phi) is 6.29. The van der Waals surface area contributed by atoms with Crippen molar-refractivity contribution < 1.29 is 14.4 Å². The van der Waals surface area contributed by atoms with Gasteiger partial charge < -0.3 is 4.90 Å². The highest BCUT2D eigenvalue weighted by molar-refractivity contribution is 6.28. The second kappa shape index (κ2) is 8.76. The number of para-hydroxylation sites is 1. The van der Waals surface area contributed by atoms with Crippen molar-refractivity contribution in [3.63, 3.8) is 0 Å². The third-order valence-corrected chi connectivity index (χ3v) is 5.84. The maximum Gasteiger partial charge on any atom is 0.333 e. The van der Waals surface area contributed by atoms with E-state index in [1.807, 2.05) is 18.2 Å². The first kappa shape index (κ1) is 22.3. The van der Waals surface area contributed by atoms with E-state index in [1.165, 1.54) is 23.0 Å². The minimum Gasteiger partial charge on any atom is -0.347 e. The number of imide groups is 2. The number of urea groups is 1. The monoisotopic (exact) mass is 419 g/mol. The number of rotatable bonds is 5. The van der Waals surface area contributed by atoms with Gasteiger partial charge in [-0.1, -0.05) is 56.4 Å². The Morgan fingerprint density at radius 2 is 1.39 bits per heavy atom. The number of hydrogen-bond acceptors (Lipinski definition) is 4.